The van der Waals surface area contributed by atoms with Gasteiger partial charge in [-0.3, -0.25) is 4.79 Å². The first-order chi connectivity index (χ1) is 7.09. The third kappa shape index (κ3) is 5.81. The first-order valence-electron chi connectivity index (χ1n) is 6.40. The molecule has 1 amide bonds. The molecule has 1 saturated carbocycles. The molecule has 0 atom stereocenters. The summed E-state index contributed by atoms with van der Waals surface area (Å²) in [5, 5.41) is 2.99. The molecule has 0 bridgehead atoms. The molecule has 0 radical (unpaired) electrons. The summed E-state index contributed by atoms with van der Waals surface area (Å²) in [5.74, 6) is 1.38. The lowest BCUT2D eigenvalue weighted by molar-refractivity contribution is -0.126. The first-order valence-corrected chi connectivity index (χ1v) is 6.40. The monoisotopic (exact) mass is 213 g/mol. The molecule has 0 unspecified atom stereocenters. The van der Waals surface area contributed by atoms with Gasteiger partial charge in [-0.25, -0.2) is 0 Å². The Bertz CT molecular complexity index is 169. The molecule has 0 spiro atoms. The Morgan fingerprint density at radius 3 is 2.00 bits per heavy atom. The first kappa shape index (κ1) is 14.5. The topological polar surface area (TPSA) is 29.1 Å². The summed E-state index contributed by atoms with van der Waals surface area (Å²) in [6.45, 7) is 10.3. The van der Waals surface area contributed by atoms with Crippen LogP contribution in [0.3, 0.4) is 0 Å². The van der Waals surface area contributed by atoms with Crippen LogP contribution in [0.2, 0.25) is 0 Å². The highest BCUT2D eigenvalue weighted by Gasteiger charge is 2.24. The molecule has 0 saturated heterocycles. The van der Waals surface area contributed by atoms with E-state index in [-0.39, 0.29) is 11.9 Å². The Hall–Kier alpha value is -0.530. The predicted octanol–water partition coefficient (Wildman–Crippen LogP) is 3.36. The van der Waals surface area contributed by atoms with Crippen LogP contribution < -0.4 is 5.32 Å². The average Bonchev–Trinajstić information content (AvgIpc) is 2.20. The van der Waals surface area contributed by atoms with Gasteiger partial charge in [0.1, 0.15) is 0 Å². The summed E-state index contributed by atoms with van der Waals surface area (Å²) in [6.07, 6.45) is 4.60. The molecule has 0 aromatic rings. The van der Waals surface area contributed by atoms with Crippen molar-refractivity contribution >= 4 is 5.91 Å². The highest BCUT2D eigenvalue weighted by molar-refractivity contribution is 5.78. The maximum Gasteiger partial charge on any atom is 0.223 e. The smallest absolute Gasteiger partial charge is 0.223 e. The Morgan fingerprint density at radius 1 is 1.13 bits per heavy atom. The molecule has 1 fully saturated rings. The van der Waals surface area contributed by atoms with Crippen LogP contribution in [0.15, 0.2) is 0 Å². The summed E-state index contributed by atoms with van der Waals surface area (Å²) in [5.41, 5.74) is 0. The van der Waals surface area contributed by atoms with Gasteiger partial charge in [0.25, 0.3) is 0 Å². The predicted molar refractivity (Wildman–Crippen MR) is 65.7 cm³/mol. The van der Waals surface area contributed by atoms with E-state index >= 15 is 0 Å². The normalized spacial score (nSPS) is 25.5. The molecule has 1 aliphatic carbocycles. The molecule has 0 aliphatic heterocycles. The van der Waals surface area contributed by atoms with E-state index in [2.05, 4.69) is 12.2 Å². The lowest BCUT2D eigenvalue weighted by Crippen LogP contribution is -2.37. The van der Waals surface area contributed by atoms with Crippen LogP contribution in [0.5, 0.6) is 0 Å². The molecular weight excluding hydrogens is 186 g/mol. The Kier molecular flexibility index (Phi) is 7.45. The van der Waals surface area contributed by atoms with Gasteiger partial charge in [0.15, 0.2) is 0 Å². The fourth-order valence-corrected chi connectivity index (χ4v) is 1.92. The lowest BCUT2D eigenvalue weighted by Gasteiger charge is -2.25. The largest absolute Gasteiger partial charge is 0.354 e. The molecule has 0 aromatic heterocycles. The molecular formula is C13H27NO. The molecule has 0 heterocycles. The van der Waals surface area contributed by atoms with Crippen molar-refractivity contribution in [3.05, 3.63) is 0 Å². The van der Waals surface area contributed by atoms with E-state index in [1.807, 2.05) is 27.7 Å². The summed E-state index contributed by atoms with van der Waals surface area (Å²) in [7, 11) is 0. The quantitative estimate of drug-likeness (QED) is 0.748. The SMILES string of the molecule is CC.CC1CCC(C(=O)NC(C)C)CC1. The number of hydrogen-bond donors (Lipinski definition) is 1. The number of hydrogen-bond acceptors (Lipinski definition) is 1. The lowest BCUT2D eigenvalue weighted by atomic mass is 9.82. The van der Waals surface area contributed by atoms with Crippen LogP contribution >= 0.6 is 0 Å². The number of rotatable bonds is 2. The van der Waals surface area contributed by atoms with Gasteiger partial charge in [0.2, 0.25) is 5.91 Å². The highest BCUT2D eigenvalue weighted by atomic mass is 16.1. The minimum absolute atomic E-state index is 0.266. The third-order valence-corrected chi connectivity index (χ3v) is 2.82. The molecule has 2 heteroatoms. The average molecular weight is 213 g/mol. The standard InChI is InChI=1S/C11H21NO.C2H6/c1-8(2)12-11(13)10-6-4-9(3)5-7-10;1-2/h8-10H,4-7H2,1-3H3,(H,12,13);1-2H3. The van der Waals surface area contributed by atoms with Gasteiger partial charge in [-0.05, 0) is 45.4 Å². The van der Waals surface area contributed by atoms with Crippen molar-refractivity contribution in [2.75, 3.05) is 0 Å². The van der Waals surface area contributed by atoms with Gasteiger partial charge in [0, 0.05) is 12.0 Å². The molecule has 2 nitrogen and oxygen atoms in total. The van der Waals surface area contributed by atoms with E-state index in [0.29, 0.717) is 5.92 Å². The van der Waals surface area contributed by atoms with Crippen molar-refractivity contribution in [2.24, 2.45) is 11.8 Å². The summed E-state index contributed by atoms with van der Waals surface area (Å²) >= 11 is 0. The third-order valence-electron chi connectivity index (χ3n) is 2.82. The molecule has 1 rings (SSSR count). The molecule has 1 N–H and O–H groups in total. The van der Waals surface area contributed by atoms with Gasteiger partial charge in [-0.2, -0.15) is 0 Å². The fraction of sp³-hybridized carbons (Fsp3) is 0.923. The van der Waals surface area contributed by atoms with Crippen molar-refractivity contribution in [2.45, 2.75) is 66.3 Å². The van der Waals surface area contributed by atoms with Crippen molar-refractivity contribution in [1.29, 1.82) is 0 Å². The Morgan fingerprint density at radius 2 is 1.60 bits per heavy atom. The van der Waals surface area contributed by atoms with Crippen LogP contribution in [-0.2, 0) is 4.79 Å². The molecule has 0 aromatic carbocycles. The highest BCUT2D eigenvalue weighted by Crippen LogP contribution is 2.28. The van der Waals surface area contributed by atoms with E-state index in [1.54, 1.807) is 0 Å². The van der Waals surface area contributed by atoms with Crippen LogP contribution in [0, 0.1) is 11.8 Å². The van der Waals surface area contributed by atoms with E-state index < -0.39 is 0 Å². The Balaban J connectivity index is 0.000000921. The minimum Gasteiger partial charge on any atom is -0.354 e. The second kappa shape index (κ2) is 7.72. The zero-order chi connectivity index (χ0) is 11.8. The van der Waals surface area contributed by atoms with E-state index in [4.69, 9.17) is 0 Å². The number of nitrogens with one attached hydrogen (secondary N) is 1. The van der Waals surface area contributed by atoms with Crippen LogP contribution in [0.25, 0.3) is 0 Å². The van der Waals surface area contributed by atoms with Crippen molar-refractivity contribution in [3.63, 3.8) is 0 Å². The maximum absolute atomic E-state index is 11.6. The van der Waals surface area contributed by atoms with E-state index in [1.165, 1.54) is 12.8 Å². The number of carbonyl (C=O) groups excluding carboxylic acids is 1. The molecule has 1 aliphatic rings. The zero-order valence-electron chi connectivity index (χ0n) is 11.0. The second-order valence-electron chi connectivity index (χ2n) is 4.62. The number of amides is 1. The summed E-state index contributed by atoms with van der Waals surface area (Å²) < 4.78 is 0. The van der Waals surface area contributed by atoms with Crippen molar-refractivity contribution in [3.8, 4) is 0 Å². The van der Waals surface area contributed by atoms with Gasteiger partial charge in [-0.15, -0.1) is 0 Å². The van der Waals surface area contributed by atoms with E-state index in [9.17, 15) is 4.79 Å². The van der Waals surface area contributed by atoms with Gasteiger partial charge >= 0.3 is 0 Å². The van der Waals surface area contributed by atoms with Crippen molar-refractivity contribution in [1.82, 2.24) is 5.32 Å². The van der Waals surface area contributed by atoms with Crippen molar-refractivity contribution < 1.29 is 4.79 Å². The van der Waals surface area contributed by atoms with Crippen LogP contribution in [0.1, 0.15) is 60.3 Å². The van der Waals surface area contributed by atoms with Gasteiger partial charge in [0.05, 0.1) is 0 Å². The number of carbonyl (C=O) groups is 1. The van der Waals surface area contributed by atoms with Crippen LogP contribution in [-0.4, -0.2) is 11.9 Å². The van der Waals surface area contributed by atoms with Crippen LogP contribution in [0.4, 0.5) is 0 Å². The summed E-state index contributed by atoms with van der Waals surface area (Å²) in [4.78, 5) is 11.6. The fourth-order valence-electron chi connectivity index (χ4n) is 1.92. The van der Waals surface area contributed by atoms with E-state index in [0.717, 1.165) is 18.8 Å². The minimum atomic E-state index is 0.266. The molecule has 15 heavy (non-hydrogen) atoms. The second-order valence-corrected chi connectivity index (χ2v) is 4.62. The zero-order valence-corrected chi connectivity index (χ0v) is 11.0. The summed E-state index contributed by atoms with van der Waals surface area (Å²) in [6, 6.07) is 0.284. The van der Waals surface area contributed by atoms with Gasteiger partial charge < -0.3 is 5.32 Å². The Labute approximate surface area is 94.8 Å². The van der Waals surface area contributed by atoms with Gasteiger partial charge in [-0.1, -0.05) is 20.8 Å². The maximum atomic E-state index is 11.6. The molecule has 90 valence electrons.